The lowest BCUT2D eigenvalue weighted by molar-refractivity contribution is 0.0529. The molecular formula is C18H34N6O2. The summed E-state index contributed by atoms with van der Waals surface area (Å²) in [5.41, 5.74) is 1.78. The van der Waals surface area contributed by atoms with E-state index in [4.69, 9.17) is 4.74 Å². The van der Waals surface area contributed by atoms with E-state index in [1.54, 1.807) is 7.05 Å². The quantitative estimate of drug-likeness (QED) is 0.457. The molecule has 1 aromatic heterocycles. The van der Waals surface area contributed by atoms with E-state index in [0.29, 0.717) is 25.6 Å². The van der Waals surface area contributed by atoms with E-state index in [9.17, 15) is 4.79 Å². The molecule has 0 saturated carbocycles. The third-order valence-corrected chi connectivity index (χ3v) is 3.54. The first kappa shape index (κ1) is 21.8. The Morgan fingerprint density at radius 1 is 1.35 bits per heavy atom. The van der Waals surface area contributed by atoms with Crippen molar-refractivity contribution in [3.05, 3.63) is 17.5 Å². The second-order valence-corrected chi connectivity index (χ2v) is 7.63. The molecule has 1 heterocycles. The molecule has 0 aliphatic rings. The molecule has 1 aromatic rings. The van der Waals surface area contributed by atoms with E-state index < -0.39 is 11.7 Å². The van der Waals surface area contributed by atoms with Crippen LogP contribution in [0.4, 0.5) is 4.79 Å². The van der Waals surface area contributed by atoms with Gasteiger partial charge in [-0.1, -0.05) is 13.8 Å². The number of carbonyl (C=O) groups is 1. The molecule has 0 radical (unpaired) electrons. The van der Waals surface area contributed by atoms with Gasteiger partial charge in [0.05, 0.1) is 5.69 Å². The molecular weight excluding hydrogens is 332 g/mol. The largest absolute Gasteiger partial charge is 0.444 e. The van der Waals surface area contributed by atoms with Crippen LogP contribution in [0.1, 0.15) is 51.8 Å². The number of aromatic nitrogens is 2. The van der Waals surface area contributed by atoms with E-state index in [2.05, 4.69) is 34.6 Å². The number of amides is 1. The van der Waals surface area contributed by atoms with Gasteiger partial charge in [-0.25, -0.2) is 4.79 Å². The Labute approximate surface area is 157 Å². The first-order valence-electron chi connectivity index (χ1n) is 8.94. The van der Waals surface area contributed by atoms with Crippen molar-refractivity contribution >= 4 is 12.1 Å². The molecule has 1 amide bonds. The minimum absolute atomic E-state index is 0.368. The third-order valence-electron chi connectivity index (χ3n) is 3.54. The highest BCUT2D eigenvalue weighted by Crippen LogP contribution is 2.18. The fraction of sp³-hybridized carbons (Fsp3) is 0.722. The van der Waals surface area contributed by atoms with Gasteiger partial charge in [0.15, 0.2) is 5.96 Å². The van der Waals surface area contributed by atoms with Gasteiger partial charge in [-0.2, -0.15) is 5.10 Å². The van der Waals surface area contributed by atoms with Gasteiger partial charge in [-0.05, 0) is 26.7 Å². The molecule has 0 spiro atoms. The number of guanidine groups is 1. The van der Waals surface area contributed by atoms with Gasteiger partial charge in [0.25, 0.3) is 0 Å². The maximum absolute atomic E-state index is 11.6. The predicted octanol–water partition coefficient (Wildman–Crippen LogP) is 2.08. The molecule has 2 N–H and O–H groups in total. The number of nitrogens with one attached hydrogen (secondary N) is 2. The normalized spacial score (nSPS) is 12.3. The molecule has 0 bridgehead atoms. The van der Waals surface area contributed by atoms with Crippen molar-refractivity contribution in [1.82, 2.24) is 25.3 Å². The van der Waals surface area contributed by atoms with E-state index >= 15 is 0 Å². The van der Waals surface area contributed by atoms with Crippen LogP contribution in [-0.4, -0.2) is 59.5 Å². The molecule has 0 aliphatic heterocycles. The first-order chi connectivity index (χ1) is 12.0. The van der Waals surface area contributed by atoms with Gasteiger partial charge in [0.2, 0.25) is 0 Å². The van der Waals surface area contributed by atoms with Gasteiger partial charge in [0.1, 0.15) is 5.60 Å². The second-order valence-electron chi connectivity index (χ2n) is 7.63. The molecule has 0 aliphatic carbocycles. The molecule has 1 rings (SSSR count). The first-order valence-corrected chi connectivity index (χ1v) is 8.94. The zero-order valence-electron chi connectivity index (χ0n) is 17.4. The summed E-state index contributed by atoms with van der Waals surface area (Å²) in [5, 5.41) is 10.5. The zero-order valence-corrected chi connectivity index (χ0v) is 17.4. The van der Waals surface area contributed by atoms with Crippen LogP contribution in [0.5, 0.6) is 0 Å². The standard InChI is InChI=1S/C18H34N6O2/c1-13(2)15-14(12-24(8)22-15)11-23(7)16(19-6)20-9-10-21-17(25)26-18(3,4)5/h12-13H,9-11H2,1-8H3,(H,19,20)(H,21,25). The van der Waals surface area contributed by atoms with Gasteiger partial charge in [0, 0.05) is 52.5 Å². The Morgan fingerprint density at radius 3 is 2.50 bits per heavy atom. The van der Waals surface area contributed by atoms with Gasteiger partial charge >= 0.3 is 6.09 Å². The topological polar surface area (TPSA) is 83.8 Å². The molecule has 0 saturated heterocycles. The van der Waals surface area contributed by atoms with Crippen LogP contribution < -0.4 is 10.6 Å². The summed E-state index contributed by atoms with van der Waals surface area (Å²) in [7, 11) is 5.66. The minimum Gasteiger partial charge on any atom is -0.444 e. The lowest BCUT2D eigenvalue weighted by Gasteiger charge is -2.23. The average Bonchev–Trinajstić information content (AvgIpc) is 2.86. The number of hydrogen-bond donors (Lipinski definition) is 2. The van der Waals surface area contributed by atoms with E-state index in [1.165, 1.54) is 5.56 Å². The highest BCUT2D eigenvalue weighted by Gasteiger charge is 2.16. The smallest absolute Gasteiger partial charge is 0.407 e. The fourth-order valence-electron chi connectivity index (χ4n) is 2.53. The van der Waals surface area contributed by atoms with Crippen molar-refractivity contribution in [2.45, 2.75) is 52.7 Å². The number of aryl methyl sites for hydroxylation is 1. The van der Waals surface area contributed by atoms with Crippen LogP contribution >= 0.6 is 0 Å². The van der Waals surface area contributed by atoms with Gasteiger partial charge in [-0.15, -0.1) is 0 Å². The summed E-state index contributed by atoms with van der Waals surface area (Å²) >= 11 is 0. The van der Waals surface area contributed by atoms with Crippen molar-refractivity contribution in [3.63, 3.8) is 0 Å². The average molecular weight is 367 g/mol. The highest BCUT2D eigenvalue weighted by molar-refractivity contribution is 5.79. The number of alkyl carbamates (subject to hydrolysis) is 1. The van der Waals surface area contributed by atoms with Crippen LogP contribution in [0.25, 0.3) is 0 Å². The summed E-state index contributed by atoms with van der Waals surface area (Å²) in [6.45, 7) is 11.5. The number of ether oxygens (including phenoxy) is 1. The van der Waals surface area contributed by atoms with Crippen LogP contribution in [0.3, 0.4) is 0 Å². The van der Waals surface area contributed by atoms with Crippen molar-refractivity contribution in [2.75, 3.05) is 27.2 Å². The predicted molar refractivity (Wildman–Crippen MR) is 104 cm³/mol. The number of carbonyl (C=O) groups excluding carboxylic acids is 1. The summed E-state index contributed by atoms with van der Waals surface area (Å²) in [5.74, 6) is 1.13. The molecule has 0 fully saturated rings. The molecule has 148 valence electrons. The van der Waals surface area contributed by atoms with Crippen LogP contribution in [0.2, 0.25) is 0 Å². The highest BCUT2D eigenvalue weighted by atomic mass is 16.6. The Hall–Kier alpha value is -2.25. The molecule has 0 atom stereocenters. The third kappa shape index (κ3) is 7.33. The van der Waals surface area contributed by atoms with Crippen LogP contribution in [0, 0.1) is 0 Å². The second kappa shape index (κ2) is 9.45. The zero-order chi connectivity index (χ0) is 19.9. The maximum Gasteiger partial charge on any atom is 0.407 e. The lowest BCUT2D eigenvalue weighted by atomic mass is 10.1. The summed E-state index contributed by atoms with van der Waals surface area (Å²) in [4.78, 5) is 18.0. The Balaban J connectivity index is 2.50. The van der Waals surface area contributed by atoms with Gasteiger partial charge < -0.3 is 20.3 Å². The molecule has 8 heteroatoms. The monoisotopic (exact) mass is 366 g/mol. The number of hydrogen-bond acceptors (Lipinski definition) is 4. The van der Waals surface area contributed by atoms with Gasteiger partial charge in [-0.3, -0.25) is 9.67 Å². The summed E-state index contributed by atoms with van der Waals surface area (Å²) in [6.07, 6.45) is 1.63. The van der Waals surface area contributed by atoms with Crippen molar-refractivity contribution < 1.29 is 9.53 Å². The van der Waals surface area contributed by atoms with Crippen molar-refractivity contribution in [3.8, 4) is 0 Å². The SMILES string of the molecule is CN=C(NCCNC(=O)OC(C)(C)C)N(C)Cc1cn(C)nc1C(C)C. The van der Waals surface area contributed by atoms with Crippen LogP contribution in [-0.2, 0) is 18.3 Å². The minimum atomic E-state index is -0.494. The summed E-state index contributed by atoms with van der Waals surface area (Å²) in [6, 6.07) is 0. The number of rotatable bonds is 6. The molecule has 0 unspecified atom stereocenters. The van der Waals surface area contributed by atoms with Crippen molar-refractivity contribution in [2.24, 2.45) is 12.0 Å². The van der Waals surface area contributed by atoms with E-state index in [0.717, 1.165) is 11.7 Å². The van der Waals surface area contributed by atoms with Crippen molar-refractivity contribution in [1.29, 1.82) is 0 Å². The Kier molecular flexibility index (Phi) is 7.92. The number of nitrogens with zero attached hydrogens (tertiary/aromatic N) is 4. The Morgan fingerprint density at radius 2 is 1.96 bits per heavy atom. The Bertz CT molecular complexity index is 616. The van der Waals surface area contributed by atoms with E-state index in [-0.39, 0.29) is 0 Å². The van der Waals surface area contributed by atoms with E-state index in [1.807, 2.05) is 50.6 Å². The maximum atomic E-state index is 11.6. The fourth-order valence-corrected chi connectivity index (χ4v) is 2.53. The lowest BCUT2D eigenvalue weighted by Crippen LogP contribution is -2.43. The van der Waals surface area contributed by atoms with Crippen LogP contribution in [0.15, 0.2) is 11.2 Å². The molecule has 26 heavy (non-hydrogen) atoms. The molecule has 8 nitrogen and oxygen atoms in total. The summed E-state index contributed by atoms with van der Waals surface area (Å²) < 4.78 is 7.05. The number of aliphatic imine (C=N–C) groups is 1. The molecule has 0 aromatic carbocycles.